The lowest BCUT2D eigenvalue weighted by atomic mass is 9.71. The second-order valence-corrected chi connectivity index (χ2v) is 6.03. The topological polar surface area (TPSA) is 9.23 Å². The molecule has 100 valence electrons. The molecule has 0 atom stereocenters. The summed E-state index contributed by atoms with van der Waals surface area (Å²) in [7, 11) is 0. The van der Waals surface area contributed by atoms with Crippen molar-refractivity contribution < 1.29 is 7.59 Å². The van der Waals surface area contributed by atoms with Gasteiger partial charge in [-0.25, -0.2) is 0 Å². The van der Waals surface area contributed by atoms with Crippen molar-refractivity contribution in [2.24, 2.45) is 17.8 Å². The highest BCUT2D eigenvalue weighted by molar-refractivity contribution is 4.88. The molecule has 2 aliphatic rings. The summed E-state index contributed by atoms with van der Waals surface area (Å²) in [5, 5.41) is 0. The van der Waals surface area contributed by atoms with E-state index >= 15 is 0 Å². The minimum absolute atomic E-state index is 0. The molecule has 2 aliphatic carbocycles. The molecule has 0 unspecified atom stereocenters. The second kappa shape index (κ2) is 6.34. The third kappa shape index (κ3) is 3.66. The van der Waals surface area contributed by atoms with Gasteiger partial charge in [0.25, 0.3) is 0 Å². The Balaban J connectivity index is 0.00000162. The van der Waals surface area contributed by atoms with E-state index in [2.05, 4.69) is 19.0 Å². The lowest BCUT2D eigenvalue weighted by molar-refractivity contribution is 0.0756. The summed E-state index contributed by atoms with van der Waals surface area (Å²) in [6.45, 7) is 4.25. The van der Waals surface area contributed by atoms with Crippen LogP contribution >= 0.6 is 0 Å². The van der Waals surface area contributed by atoms with Crippen LogP contribution in [0.2, 0.25) is 0 Å². The Morgan fingerprint density at radius 2 is 1.41 bits per heavy atom. The van der Waals surface area contributed by atoms with Gasteiger partial charge < -0.3 is 4.74 Å². The van der Waals surface area contributed by atoms with Gasteiger partial charge in [0.1, 0.15) is 12.2 Å². The van der Waals surface area contributed by atoms with E-state index < -0.39 is 0 Å². The zero-order valence-corrected chi connectivity index (χ0v) is 11.4. The molecular weight excluding hydrogens is 208 g/mol. The highest BCUT2D eigenvalue weighted by atomic mass is 16.5. The molecule has 0 aliphatic heterocycles. The average Bonchev–Trinajstić information content (AvgIpc) is 2.38. The fraction of sp³-hybridized carbons (Fsp3) is 0.875. The van der Waals surface area contributed by atoms with Crippen LogP contribution in [0.4, 0.5) is 0 Å². The van der Waals surface area contributed by atoms with Gasteiger partial charge in [0.05, 0.1) is 0 Å². The van der Waals surface area contributed by atoms with E-state index in [1.54, 1.807) is 0 Å². The zero-order chi connectivity index (χ0) is 12.1. The first-order valence-electron chi connectivity index (χ1n) is 7.37. The minimum atomic E-state index is 0. The third-order valence-electron chi connectivity index (χ3n) is 4.77. The molecule has 2 fully saturated rings. The highest BCUT2D eigenvalue weighted by Gasteiger charge is 2.30. The van der Waals surface area contributed by atoms with Gasteiger partial charge in [-0.3, -0.25) is 0 Å². The molecule has 0 heterocycles. The Morgan fingerprint density at radius 1 is 0.882 bits per heavy atom. The smallest absolute Gasteiger partial charge is 0.111 e. The van der Waals surface area contributed by atoms with E-state index in [1.807, 2.05) is 6.92 Å². The predicted molar refractivity (Wildman–Crippen MR) is 75.6 cm³/mol. The lowest BCUT2D eigenvalue weighted by Crippen LogP contribution is -2.27. The molecule has 2 rings (SSSR count). The third-order valence-corrected chi connectivity index (χ3v) is 4.77. The Kier molecular flexibility index (Phi) is 4.77. The number of hydrogen-bond acceptors (Lipinski definition) is 1. The first-order chi connectivity index (χ1) is 8.29. The van der Waals surface area contributed by atoms with Gasteiger partial charge in [-0.2, -0.15) is 0 Å². The Labute approximate surface area is 109 Å². The molecule has 0 amide bonds. The quantitative estimate of drug-likeness (QED) is 0.624. The van der Waals surface area contributed by atoms with Crippen LogP contribution in [0.15, 0.2) is 0 Å². The van der Waals surface area contributed by atoms with Crippen LogP contribution in [0, 0.1) is 29.8 Å². The van der Waals surface area contributed by atoms with E-state index in [9.17, 15) is 0 Å². The van der Waals surface area contributed by atoms with E-state index in [4.69, 9.17) is 4.74 Å². The van der Waals surface area contributed by atoms with Crippen molar-refractivity contribution in [2.75, 3.05) is 0 Å². The van der Waals surface area contributed by atoms with Crippen LogP contribution < -0.4 is 0 Å². The summed E-state index contributed by atoms with van der Waals surface area (Å²) in [5.74, 6) is 5.80. The fourth-order valence-corrected chi connectivity index (χ4v) is 3.58. The number of rotatable bonds is 2. The minimum Gasteiger partial charge on any atom is -0.443 e. The zero-order valence-electron chi connectivity index (χ0n) is 11.4. The number of ether oxygens (including phenoxy) is 1. The van der Waals surface area contributed by atoms with Gasteiger partial charge >= 0.3 is 0 Å². The van der Waals surface area contributed by atoms with Crippen molar-refractivity contribution in [1.29, 1.82) is 0 Å². The van der Waals surface area contributed by atoms with Crippen LogP contribution in [-0.2, 0) is 4.74 Å². The van der Waals surface area contributed by atoms with Gasteiger partial charge in [0.2, 0.25) is 0 Å². The molecule has 0 saturated heterocycles. The first kappa shape index (κ1) is 12.8. The standard InChI is InChI=1S/C16H26O.2H2/c1-3-12-17-16-10-8-15(9-11-16)14-6-4-13(2)5-7-14;;/h13-16H,4-11H2,1-2H3;2*1H. The maximum absolute atomic E-state index is 5.52. The highest BCUT2D eigenvalue weighted by Crippen LogP contribution is 2.40. The molecular formula is C16H30O. The monoisotopic (exact) mass is 238 g/mol. The van der Waals surface area contributed by atoms with E-state index in [1.165, 1.54) is 51.4 Å². The summed E-state index contributed by atoms with van der Waals surface area (Å²) >= 11 is 0. The SMILES string of the molecule is CC#COC1CCC(C2CCC(C)CC2)CC1.[HH].[HH]. The van der Waals surface area contributed by atoms with Crippen molar-refractivity contribution in [1.82, 2.24) is 0 Å². The average molecular weight is 238 g/mol. The second-order valence-electron chi connectivity index (χ2n) is 6.03. The maximum atomic E-state index is 5.52. The van der Waals surface area contributed by atoms with Crippen molar-refractivity contribution >= 4 is 0 Å². The molecule has 0 spiro atoms. The Bertz CT molecular complexity index is 279. The normalized spacial score (nSPS) is 38.0. The van der Waals surface area contributed by atoms with Crippen LogP contribution in [0.1, 0.15) is 68.1 Å². The van der Waals surface area contributed by atoms with Gasteiger partial charge in [-0.1, -0.05) is 25.7 Å². The van der Waals surface area contributed by atoms with E-state index in [-0.39, 0.29) is 2.85 Å². The van der Waals surface area contributed by atoms with Crippen LogP contribution in [0.25, 0.3) is 0 Å². The number of hydrogen-bond donors (Lipinski definition) is 0. The van der Waals surface area contributed by atoms with Crippen LogP contribution in [0.5, 0.6) is 0 Å². The summed E-state index contributed by atoms with van der Waals surface area (Å²) in [4.78, 5) is 0. The molecule has 2 saturated carbocycles. The summed E-state index contributed by atoms with van der Waals surface area (Å²) < 4.78 is 5.52. The lowest BCUT2D eigenvalue weighted by Gasteiger charge is -2.36. The molecule has 0 aromatic rings. The first-order valence-corrected chi connectivity index (χ1v) is 7.37. The molecule has 1 heteroatoms. The largest absolute Gasteiger partial charge is 0.443 e. The van der Waals surface area contributed by atoms with Crippen molar-refractivity contribution in [3.63, 3.8) is 0 Å². The Hall–Kier alpha value is -0.640. The van der Waals surface area contributed by atoms with Crippen molar-refractivity contribution in [2.45, 2.75) is 71.3 Å². The summed E-state index contributed by atoms with van der Waals surface area (Å²) in [6.07, 6.45) is 14.3. The molecule has 17 heavy (non-hydrogen) atoms. The molecule has 0 aromatic carbocycles. The van der Waals surface area contributed by atoms with Crippen LogP contribution in [-0.4, -0.2) is 6.10 Å². The predicted octanol–water partition coefficient (Wildman–Crippen LogP) is 4.86. The van der Waals surface area contributed by atoms with Crippen molar-refractivity contribution in [3.05, 3.63) is 0 Å². The molecule has 0 radical (unpaired) electrons. The van der Waals surface area contributed by atoms with Gasteiger partial charge in [0.15, 0.2) is 0 Å². The van der Waals surface area contributed by atoms with Crippen molar-refractivity contribution in [3.8, 4) is 12.0 Å². The maximum Gasteiger partial charge on any atom is 0.111 e. The van der Waals surface area contributed by atoms with E-state index in [0.29, 0.717) is 6.10 Å². The van der Waals surface area contributed by atoms with Gasteiger partial charge in [-0.05, 0) is 56.3 Å². The molecule has 0 N–H and O–H groups in total. The summed E-state index contributed by atoms with van der Waals surface area (Å²) in [6, 6.07) is 0. The summed E-state index contributed by atoms with van der Waals surface area (Å²) in [5.41, 5.74) is 0. The van der Waals surface area contributed by atoms with Gasteiger partial charge in [-0.15, -0.1) is 0 Å². The fourth-order valence-electron chi connectivity index (χ4n) is 3.58. The molecule has 0 aromatic heterocycles. The molecule has 1 nitrogen and oxygen atoms in total. The van der Waals surface area contributed by atoms with Crippen LogP contribution in [0.3, 0.4) is 0 Å². The Morgan fingerprint density at radius 3 is 1.94 bits per heavy atom. The molecule has 0 bridgehead atoms. The van der Waals surface area contributed by atoms with Gasteiger partial charge in [0, 0.05) is 9.78 Å². The van der Waals surface area contributed by atoms with E-state index in [0.717, 1.165) is 17.8 Å².